The molecule has 1 N–H and O–H groups in total. The van der Waals surface area contributed by atoms with Crippen LogP contribution in [-0.2, 0) is 6.18 Å². The molecule has 0 saturated carbocycles. The van der Waals surface area contributed by atoms with Crippen LogP contribution in [0.5, 0.6) is 0 Å². The van der Waals surface area contributed by atoms with E-state index in [0.29, 0.717) is 35.0 Å². The molecule has 0 unspecified atom stereocenters. The molecule has 0 spiro atoms. The minimum absolute atomic E-state index is 0.0931. The van der Waals surface area contributed by atoms with Crippen molar-refractivity contribution in [2.24, 2.45) is 0 Å². The quantitative estimate of drug-likeness (QED) is 0.906. The molecule has 5 nitrogen and oxygen atoms in total. The highest BCUT2D eigenvalue weighted by atomic mass is 32.1. The van der Waals surface area contributed by atoms with Gasteiger partial charge in [0.15, 0.2) is 0 Å². The number of nitrogens with one attached hydrogen (secondary N) is 1. The second-order valence-corrected chi connectivity index (χ2v) is 6.31. The number of likely N-dealkylation sites (tertiary alicyclic amines) is 1. The summed E-state index contributed by atoms with van der Waals surface area (Å²) in [5, 5.41) is 11.0. The fourth-order valence-electron chi connectivity index (χ4n) is 2.40. The molecule has 3 rings (SSSR count). The zero-order chi connectivity index (χ0) is 16.8. The maximum atomic E-state index is 12.7. The van der Waals surface area contributed by atoms with Crippen LogP contribution in [0.2, 0.25) is 0 Å². The van der Waals surface area contributed by atoms with E-state index in [0.717, 1.165) is 11.3 Å². The van der Waals surface area contributed by atoms with Crippen molar-refractivity contribution in [2.75, 3.05) is 13.1 Å². The predicted molar refractivity (Wildman–Crippen MR) is 77.8 cm³/mol. The van der Waals surface area contributed by atoms with Gasteiger partial charge in [-0.25, -0.2) is 0 Å². The molecular weight excluding hydrogens is 331 g/mol. The van der Waals surface area contributed by atoms with Gasteiger partial charge in [-0.05, 0) is 19.1 Å². The topological polar surface area (TPSA) is 70.2 Å². The molecule has 9 heteroatoms. The first-order valence-corrected chi connectivity index (χ1v) is 7.58. The molecular formula is C14H12F3N3O2S. The number of thiophene rings is 1. The van der Waals surface area contributed by atoms with E-state index in [2.05, 4.69) is 9.68 Å². The molecule has 0 radical (unpaired) electrons. The number of rotatable bonds is 2. The second kappa shape index (κ2) is 5.48. The molecule has 1 amide bonds. The van der Waals surface area contributed by atoms with E-state index in [-0.39, 0.29) is 17.2 Å². The molecule has 23 heavy (non-hydrogen) atoms. The summed E-state index contributed by atoms with van der Waals surface area (Å²) in [4.78, 5) is 14.7. The van der Waals surface area contributed by atoms with E-state index in [4.69, 9.17) is 5.41 Å². The van der Waals surface area contributed by atoms with Gasteiger partial charge in [-0.2, -0.15) is 13.2 Å². The van der Waals surface area contributed by atoms with E-state index in [1.807, 2.05) is 0 Å². The van der Waals surface area contributed by atoms with Crippen molar-refractivity contribution < 1.29 is 22.5 Å². The number of nitrogens with zero attached hydrogens (tertiary/aromatic N) is 2. The lowest BCUT2D eigenvalue weighted by molar-refractivity contribution is -0.156. The summed E-state index contributed by atoms with van der Waals surface area (Å²) in [6, 6.07) is 3.12. The molecule has 0 aliphatic carbocycles. The first-order chi connectivity index (χ1) is 10.8. The smallest absolute Gasteiger partial charge is 0.351 e. The lowest BCUT2D eigenvalue weighted by atomic mass is 10.2. The van der Waals surface area contributed by atoms with Crippen LogP contribution in [0.25, 0.3) is 10.6 Å². The summed E-state index contributed by atoms with van der Waals surface area (Å²) in [5.74, 6) is -1.34. The van der Waals surface area contributed by atoms with Gasteiger partial charge in [0.25, 0.3) is 5.91 Å². The maximum absolute atomic E-state index is 12.7. The summed E-state index contributed by atoms with van der Waals surface area (Å²) in [5.41, 5.74) is 0.495. The molecule has 0 bridgehead atoms. The van der Waals surface area contributed by atoms with Crippen LogP contribution in [0.3, 0.4) is 0 Å². The van der Waals surface area contributed by atoms with Crippen LogP contribution in [0, 0.1) is 12.3 Å². The highest BCUT2D eigenvalue weighted by Crippen LogP contribution is 2.38. The van der Waals surface area contributed by atoms with Gasteiger partial charge in [-0.15, -0.1) is 11.3 Å². The van der Waals surface area contributed by atoms with Crippen molar-refractivity contribution in [3.8, 4) is 10.6 Å². The largest absolute Gasteiger partial charge is 0.452 e. The number of hydrogen-bond acceptors (Lipinski definition) is 5. The Hall–Kier alpha value is -2.16. The molecule has 1 saturated heterocycles. The Morgan fingerprint density at radius 2 is 2.17 bits per heavy atom. The van der Waals surface area contributed by atoms with Crippen LogP contribution in [0.15, 0.2) is 16.7 Å². The van der Waals surface area contributed by atoms with Crippen molar-refractivity contribution in [3.05, 3.63) is 28.3 Å². The Balaban J connectivity index is 1.87. The number of halogens is 3. The Kier molecular flexibility index (Phi) is 3.75. The molecule has 2 aromatic heterocycles. The van der Waals surface area contributed by atoms with E-state index in [9.17, 15) is 18.0 Å². The lowest BCUT2D eigenvalue weighted by Crippen LogP contribution is -2.27. The van der Waals surface area contributed by atoms with E-state index in [1.165, 1.54) is 6.92 Å². The van der Waals surface area contributed by atoms with Crippen molar-refractivity contribution >= 4 is 23.0 Å². The number of carbonyl (C=O) groups is 1. The molecule has 1 aliphatic heterocycles. The molecule has 122 valence electrons. The van der Waals surface area contributed by atoms with Gasteiger partial charge < -0.3 is 14.8 Å². The van der Waals surface area contributed by atoms with Crippen LogP contribution in [-0.4, -0.2) is 34.8 Å². The van der Waals surface area contributed by atoms with E-state index in [1.54, 1.807) is 17.0 Å². The first-order valence-electron chi connectivity index (χ1n) is 6.76. The van der Waals surface area contributed by atoms with Gasteiger partial charge in [-0.1, -0.05) is 5.16 Å². The summed E-state index contributed by atoms with van der Waals surface area (Å²) in [6.45, 7) is 2.08. The summed E-state index contributed by atoms with van der Waals surface area (Å²) in [6.07, 6.45) is -4.04. The van der Waals surface area contributed by atoms with Crippen molar-refractivity contribution in [3.63, 3.8) is 0 Å². The standard InChI is InChI=1S/C14H12F3N3O2S/c1-7-11(19-22-12(7)14(15,16)17)9-2-3-10(23-9)13(21)20-5-4-8(18)6-20/h2-3,18H,4-6H2,1H3. The normalized spacial score (nSPS) is 15.5. The molecule has 0 atom stereocenters. The molecule has 0 aromatic carbocycles. The van der Waals surface area contributed by atoms with Gasteiger partial charge in [0.1, 0.15) is 5.69 Å². The maximum Gasteiger partial charge on any atom is 0.452 e. The van der Waals surface area contributed by atoms with Crippen molar-refractivity contribution in [1.29, 1.82) is 5.41 Å². The van der Waals surface area contributed by atoms with Gasteiger partial charge >= 0.3 is 6.18 Å². The van der Waals surface area contributed by atoms with Gasteiger partial charge in [0.05, 0.1) is 16.3 Å². The minimum atomic E-state index is -4.60. The molecule has 1 fully saturated rings. The zero-order valence-electron chi connectivity index (χ0n) is 12.0. The summed E-state index contributed by atoms with van der Waals surface area (Å²) in [7, 11) is 0. The first kappa shape index (κ1) is 15.7. The van der Waals surface area contributed by atoms with Crippen LogP contribution in [0.4, 0.5) is 13.2 Å². The highest BCUT2D eigenvalue weighted by molar-refractivity contribution is 7.17. The van der Waals surface area contributed by atoms with Crippen LogP contribution in [0.1, 0.15) is 27.4 Å². The Morgan fingerprint density at radius 3 is 2.74 bits per heavy atom. The Morgan fingerprint density at radius 1 is 1.43 bits per heavy atom. The van der Waals surface area contributed by atoms with Crippen molar-refractivity contribution in [2.45, 2.75) is 19.5 Å². The third-order valence-electron chi connectivity index (χ3n) is 3.58. The molecule has 3 heterocycles. The highest BCUT2D eigenvalue weighted by Gasteiger charge is 2.39. The number of hydrogen-bond donors (Lipinski definition) is 1. The number of carbonyl (C=O) groups excluding carboxylic acids is 1. The van der Waals surface area contributed by atoms with Gasteiger partial charge in [0.2, 0.25) is 5.76 Å². The Bertz CT molecular complexity index is 779. The second-order valence-electron chi connectivity index (χ2n) is 5.23. The average molecular weight is 343 g/mol. The third kappa shape index (κ3) is 2.88. The Labute approximate surface area is 133 Å². The number of amides is 1. The van der Waals surface area contributed by atoms with Crippen LogP contribution >= 0.6 is 11.3 Å². The fourth-order valence-corrected chi connectivity index (χ4v) is 3.41. The van der Waals surface area contributed by atoms with Crippen LogP contribution < -0.4 is 0 Å². The monoisotopic (exact) mass is 343 g/mol. The molecule has 2 aromatic rings. The molecule has 1 aliphatic rings. The van der Waals surface area contributed by atoms with E-state index < -0.39 is 11.9 Å². The lowest BCUT2D eigenvalue weighted by Gasteiger charge is -2.12. The summed E-state index contributed by atoms with van der Waals surface area (Å²) >= 11 is 1.07. The minimum Gasteiger partial charge on any atom is -0.351 e. The summed E-state index contributed by atoms with van der Waals surface area (Å²) < 4.78 is 42.6. The van der Waals surface area contributed by atoms with E-state index >= 15 is 0 Å². The number of aromatic nitrogens is 1. The number of alkyl halides is 3. The van der Waals surface area contributed by atoms with Gasteiger partial charge in [0, 0.05) is 24.2 Å². The zero-order valence-corrected chi connectivity index (χ0v) is 12.8. The third-order valence-corrected chi connectivity index (χ3v) is 4.66. The fraction of sp³-hybridized carbons (Fsp3) is 0.357. The van der Waals surface area contributed by atoms with Gasteiger partial charge in [-0.3, -0.25) is 4.79 Å². The SMILES string of the molecule is Cc1c(-c2ccc(C(=O)N3CCC(=N)C3)s2)noc1C(F)(F)F. The average Bonchev–Trinajstić information content (AvgIpc) is 3.15. The van der Waals surface area contributed by atoms with Crippen molar-refractivity contribution in [1.82, 2.24) is 10.1 Å². The predicted octanol–water partition coefficient (Wildman–Crippen LogP) is 3.60.